The summed E-state index contributed by atoms with van der Waals surface area (Å²) in [6.45, 7) is 7.78. The molecule has 0 radical (unpaired) electrons. The Labute approximate surface area is 151 Å². The van der Waals surface area contributed by atoms with Gasteiger partial charge in [0.2, 0.25) is 0 Å². The van der Waals surface area contributed by atoms with E-state index >= 15 is 0 Å². The van der Waals surface area contributed by atoms with Crippen LogP contribution in [0.5, 0.6) is 0 Å². The minimum atomic E-state index is -3.08. The van der Waals surface area contributed by atoms with Crippen molar-refractivity contribution in [1.29, 1.82) is 0 Å². The molecule has 0 fully saturated rings. The molecule has 2 rings (SSSR count). The first-order valence-electron chi connectivity index (χ1n) is 7.79. The Morgan fingerprint density at radius 2 is 1.21 bits per heavy atom. The first-order chi connectivity index (χ1) is 11.3. The van der Waals surface area contributed by atoms with Gasteiger partial charge in [-0.25, -0.2) is 8.42 Å². The van der Waals surface area contributed by atoms with Crippen LogP contribution in [-0.4, -0.2) is 31.1 Å². The summed E-state index contributed by atoms with van der Waals surface area (Å²) in [5, 5.41) is 7.34. The molecule has 134 valence electrons. The number of benzene rings is 2. The summed E-state index contributed by atoms with van der Waals surface area (Å²) >= 11 is 1.90. The lowest BCUT2D eigenvalue weighted by Gasteiger charge is -2.06. The molecule has 0 amide bonds. The molecule has 3 nitrogen and oxygen atoms in total. The van der Waals surface area contributed by atoms with Crippen molar-refractivity contribution in [2.24, 2.45) is 0 Å². The van der Waals surface area contributed by atoms with Gasteiger partial charge in [-0.05, 0) is 38.1 Å². The average molecular weight is 369 g/mol. The van der Waals surface area contributed by atoms with E-state index in [1.807, 2.05) is 17.8 Å². The maximum absolute atomic E-state index is 11.5. The summed E-state index contributed by atoms with van der Waals surface area (Å²) in [5.41, 5.74) is 0. The molecule has 0 saturated heterocycles. The predicted molar refractivity (Wildman–Crippen MR) is 104 cm³/mol. The smallest absolute Gasteiger partial charge is 0.180 e. The molecule has 0 heterocycles. The molecule has 0 bridgehead atoms. The Kier molecular flexibility index (Phi) is 11.5. The topological polar surface area (TPSA) is 54.4 Å². The molecule has 24 heavy (non-hydrogen) atoms. The average Bonchev–Trinajstić information content (AvgIpc) is 2.58. The van der Waals surface area contributed by atoms with Gasteiger partial charge in [-0.15, -0.1) is 11.8 Å². The molecule has 0 unspecified atom stereocenters. The van der Waals surface area contributed by atoms with Crippen LogP contribution in [0.25, 0.3) is 0 Å². The quantitative estimate of drug-likeness (QED) is 0.797. The molecule has 1 N–H and O–H groups in total. The Balaban J connectivity index is 0.000000405. The van der Waals surface area contributed by atoms with Crippen molar-refractivity contribution in [2.75, 3.05) is 7.11 Å². The van der Waals surface area contributed by atoms with Crippen LogP contribution in [0.3, 0.4) is 0 Å². The molecule has 2 aromatic rings. The van der Waals surface area contributed by atoms with Crippen LogP contribution in [0.1, 0.15) is 27.7 Å². The molecular formula is C19H28O3S2. The number of hydrogen-bond donors (Lipinski definition) is 1. The van der Waals surface area contributed by atoms with Crippen LogP contribution < -0.4 is 0 Å². The van der Waals surface area contributed by atoms with Crippen molar-refractivity contribution < 1.29 is 13.5 Å². The number of sulfone groups is 1. The number of rotatable bonds is 4. The first kappa shape index (κ1) is 22.7. The van der Waals surface area contributed by atoms with Crippen LogP contribution >= 0.6 is 11.8 Å². The van der Waals surface area contributed by atoms with E-state index in [-0.39, 0.29) is 5.25 Å². The molecule has 0 atom stereocenters. The fraction of sp³-hybridized carbons (Fsp3) is 0.368. The monoisotopic (exact) mass is 368 g/mol. The summed E-state index contributed by atoms with van der Waals surface area (Å²) < 4.78 is 23.1. The second-order valence-electron chi connectivity index (χ2n) is 5.39. The van der Waals surface area contributed by atoms with E-state index in [1.165, 1.54) is 4.90 Å². The molecule has 0 aliphatic rings. The fourth-order valence-electron chi connectivity index (χ4n) is 1.65. The van der Waals surface area contributed by atoms with E-state index in [4.69, 9.17) is 5.11 Å². The Hall–Kier alpha value is -1.30. The van der Waals surface area contributed by atoms with Crippen molar-refractivity contribution in [3.63, 3.8) is 0 Å². The lowest BCUT2D eigenvalue weighted by molar-refractivity contribution is 0.399. The zero-order valence-corrected chi connectivity index (χ0v) is 16.6. The largest absolute Gasteiger partial charge is 0.400 e. The second kappa shape index (κ2) is 12.1. The standard InChI is InChI=1S/C9H12O2S.C9H12S.CH4O/c1-8(2)12(10,11)9-6-4-3-5-7-9;1-8(2)10-9-6-4-3-5-7-9;1-2/h3-8H,1-2H3;3-8H,1-2H3;2H,1H3. The highest BCUT2D eigenvalue weighted by molar-refractivity contribution is 7.99. The van der Waals surface area contributed by atoms with Crippen molar-refractivity contribution >= 4 is 21.6 Å². The van der Waals surface area contributed by atoms with Crippen LogP contribution in [0.2, 0.25) is 0 Å². The Bertz CT molecular complexity index is 637. The second-order valence-corrected chi connectivity index (χ2v) is 9.54. The summed E-state index contributed by atoms with van der Waals surface area (Å²) in [5.74, 6) is 0. The fourth-order valence-corrected chi connectivity index (χ4v) is 3.59. The normalized spacial score (nSPS) is 10.5. The van der Waals surface area contributed by atoms with Gasteiger partial charge >= 0.3 is 0 Å². The van der Waals surface area contributed by atoms with Crippen molar-refractivity contribution in [3.05, 3.63) is 60.7 Å². The molecule has 0 aliphatic carbocycles. The van der Waals surface area contributed by atoms with Gasteiger partial charge in [0.15, 0.2) is 9.84 Å². The van der Waals surface area contributed by atoms with E-state index in [0.717, 1.165) is 7.11 Å². The van der Waals surface area contributed by atoms with Gasteiger partial charge in [0, 0.05) is 17.3 Å². The van der Waals surface area contributed by atoms with Gasteiger partial charge in [0.25, 0.3) is 0 Å². The van der Waals surface area contributed by atoms with E-state index in [0.29, 0.717) is 10.1 Å². The van der Waals surface area contributed by atoms with Crippen LogP contribution in [0, 0.1) is 0 Å². The maximum Gasteiger partial charge on any atom is 0.180 e. The molecule has 0 aromatic heterocycles. The number of thioether (sulfide) groups is 1. The zero-order chi connectivity index (χ0) is 18.6. The highest BCUT2D eigenvalue weighted by Crippen LogP contribution is 2.21. The Morgan fingerprint density at radius 3 is 1.58 bits per heavy atom. The van der Waals surface area contributed by atoms with E-state index in [9.17, 15) is 8.42 Å². The lowest BCUT2D eigenvalue weighted by Crippen LogP contribution is -2.13. The summed E-state index contributed by atoms with van der Waals surface area (Å²) in [4.78, 5) is 1.76. The van der Waals surface area contributed by atoms with Crippen molar-refractivity contribution in [1.82, 2.24) is 0 Å². The zero-order valence-electron chi connectivity index (χ0n) is 15.0. The SMILES string of the molecule is CC(C)S(=O)(=O)c1ccccc1.CC(C)Sc1ccccc1.CO. The number of hydrogen-bond acceptors (Lipinski definition) is 4. The summed E-state index contributed by atoms with van der Waals surface area (Å²) in [7, 11) is -2.08. The number of aliphatic hydroxyl groups excluding tert-OH is 1. The highest BCUT2D eigenvalue weighted by atomic mass is 32.2. The van der Waals surface area contributed by atoms with Gasteiger partial charge < -0.3 is 5.11 Å². The first-order valence-corrected chi connectivity index (χ1v) is 10.2. The minimum absolute atomic E-state index is 0.347. The van der Waals surface area contributed by atoms with Crippen LogP contribution in [-0.2, 0) is 9.84 Å². The highest BCUT2D eigenvalue weighted by Gasteiger charge is 2.17. The molecule has 0 aliphatic heterocycles. The summed E-state index contributed by atoms with van der Waals surface area (Å²) in [6, 6.07) is 19.0. The maximum atomic E-state index is 11.5. The van der Waals surface area contributed by atoms with Gasteiger partial charge in [0.1, 0.15) is 0 Å². The third-order valence-electron chi connectivity index (χ3n) is 2.81. The van der Waals surface area contributed by atoms with Gasteiger partial charge in [-0.3, -0.25) is 0 Å². The molecular weight excluding hydrogens is 340 g/mol. The third kappa shape index (κ3) is 8.52. The van der Waals surface area contributed by atoms with Gasteiger partial charge in [0.05, 0.1) is 10.1 Å². The van der Waals surface area contributed by atoms with Gasteiger partial charge in [-0.2, -0.15) is 0 Å². The van der Waals surface area contributed by atoms with Crippen molar-refractivity contribution in [2.45, 2.75) is 48.0 Å². The number of aliphatic hydroxyl groups is 1. The minimum Gasteiger partial charge on any atom is -0.400 e. The van der Waals surface area contributed by atoms with Gasteiger partial charge in [-0.1, -0.05) is 50.2 Å². The van der Waals surface area contributed by atoms with E-state index in [1.54, 1.807) is 44.2 Å². The third-order valence-corrected chi connectivity index (χ3v) is 5.99. The van der Waals surface area contributed by atoms with E-state index in [2.05, 4.69) is 38.1 Å². The molecule has 0 spiro atoms. The van der Waals surface area contributed by atoms with Crippen LogP contribution in [0.15, 0.2) is 70.5 Å². The Morgan fingerprint density at radius 1 is 0.792 bits per heavy atom. The lowest BCUT2D eigenvalue weighted by atomic mass is 10.4. The van der Waals surface area contributed by atoms with E-state index < -0.39 is 9.84 Å². The predicted octanol–water partition coefficient (Wildman–Crippen LogP) is 4.66. The molecule has 2 aromatic carbocycles. The van der Waals surface area contributed by atoms with Crippen LogP contribution in [0.4, 0.5) is 0 Å². The summed E-state index contributed by atoms with van der Waals surface area (Å²) in [6.07, 6.45) is 0. The molecule has 5 heteroatoms. The van der Waals surface area contributed by atoms with Crippen molar-refractivity contribution in [3.8, 4) is 0 Å². The molecule has 0 saturated carbocycles.